The predicted molar refractivity (Wildman–Crippen MR) is 47.7 cm³/mol. The molecule has 1 unspecified atom stereocenters. The standard InChI is InChI=1S/C7H11N5O3/c1-3-15-7(14)4(2)8-6(13)5-9-11-12-10-5/h4H,3H2,1-2H3,(H,8,13)(H,9,10,11,12). The molecule has 82 valence electrons. The van der Waals surface area contributed by atoms with Crippen LogP contribution < -0.4 is 5.32 Å². The number of carbonyl (C=O) groups excluding carboxylic acids is 2. The van der Waals surface area contributed by atoms with Crippen LogP contribution in [0.25, 0.3) is 0 Å². The second-order valence-electron chi connectivity index (χ2n) is 2.68. The summed E-state index contributed by atoms with van der Waals surface area (Å²) >= 11 is 0. The maximum atomic E-state index is 11.3. The van der Waals surface area contributed by atoms with E-state index in [-0.39, 0.29) is 12.4 Å². The lowest BCUT2D eigenvalue weighted by atomic mass is 10.3. The molecule has 1 rings (SSSR count). The van der Waals surface area contributed by atoms with E-state index in [1.165, 1.54) is 6.92 Å². The van der Waals surface area contributed by atoms with E-state index in [0.717, 1.165) is 0 Å². The molecule has 8 nitrogen and oxygen atoms in total. The molecule has 0 aliphatic rings. The fraction of sp³-hybridized carbons (Fsp3) is 0.571. The smallest absolute Gasteiger partial charge is 0.328 e. The molecule has 15 heavy (non-hydrogen) atoms. The second kappa shape index (κ2) is 5.03. The number of nitrogens with zero attached hydrogens (tertiary/aromatic N) is 3. The molecule has 0 saturated heterocycles. The molecule has 2 N–H and O–H groups in total. The molecule has 1 aromatic rings. The third-order valence-electron chi connectivity index (χ3n) is 1.54. The van der Waals surface area contributed by atoms with Gasteiger partial charge in [-0.25, -0.2) is 4.79 Å². The van der Waals surface area contributed by atoms with Crippen LogP contribution in [-0.4, -0.2) is 45.1 Å². The summed E-state index contributed by atoms with van der Waals surface area (Å²) in [7, 11) is 0. The Morgan fingerprint density at radius 1 is 1.60 bits per heavy atom. The minimum Gasteiger partial charge on any atom is -0.464 e. The van der Waals surface area contributed by atoms with Gasteiger partial charge in [-0.2, -0.15) is 5.21 Å². The topological polar surface area (TPSA) is 110 Å². The van der Waals surface area contributed by atoms with Gasteiger partial charge in [0.1, 0.15) is 6.04 Å². The molecule has 1 amide bonds. The lowest BCUT2D eigenvalue weighted by Gasteiger charge is -2.10. The Bertz CT molecular complexity index is 336. The summed E-state index contributed by atoms with van der Waals surface area (Å²) in [5.74, 6) is -1.20. The van der Waals surface area contributed by atoms with Gasteiger partial charge < -0.3 is 10.1 Å². The van der Waals surface area contributed by atoms with Crippen LogP contribution in [-0.2, 0) is 9.53 Å². The van der Waals surface area contributed by atoms with Crippen molar-refractivity contribution in [2.75, 3.05) is 6.61 Å². The van der Waals surface area contributed by atoms with Crippen LogP contribution >= 0.6 is 0 Å². The zero-order chi connectivity index (χ0) is 11.3. The molecule has 8 heteroatoms. The number of H-pyrrole nitrogens is 1. The highest BCUT2D eigenvalue weighted by atomic mass is 16.5. The van der Waals surface area contributed by atoms with Crippen LogP contribution in [0.2, 0.25) is 0 Å². The van der Waals surface area contributed by atoms with Crippen LogP contribution in [0.4, 0.5) is 0 Å². The number of aromatic nitrogens is 4. The van der Waals surface area contributed by atoms with Gasteiger partial charge in [0, 0.05) is 0 Å². The maximum absolute atomic E-state index is 11.3. The summed E-state index contributed by atoms with van der Waals surface area (Å²) in [6.45, 7) is 3.46. The van der Waals surface area contributed by atoms with E-state index in [9.17, 15) is 9.59 Å². The first-order chi connectivity index (χ1) is 7.15. The zero-order valence-corrected chi connectivity index (χ0v) is 8.35. The molecule has 1 atom stereocenters. The average molecular weight is 213 g/mol. The maximum Gasteiger partial charge on any atom is 0.328 e. The molecule has 1 heterocycles. The Labute approximate surface area is 85.4 Å². The molecule has 0 aliphatic carbocycles. The molecule has 0 aromatic carbocycles. The number of carbonyl (C=O) groups is 2. The van der Waals surface area contributed by atoms with Crippen molar-refractivity contribution in [1.82, 2.24) is 25.9 Å². The highest BCUT2D eigenvalue weighted by molar-refractivity contribution is 5.93. The third-order valence-corrected chi connectivity index (χ3v) is 1.54. The number of hydrogen-bond acceptors (Lipinski definition) is 6. The summed E-state index contributed by atoms with van der Waals surface area (Å²) in [5.41, 5.74) is 0. The van der Waals surface area contributed by atoms with Gasteiger partial charge in [-0.15, -0.1) is 10.2 Å². The minimum atomic E-state index is -0.740. The van der Waals surface area contributed by atoms with Crippen molar-refractivity contribution < 1.29 is 14.3 Å². The Hall–Kier alpha value is -1.99. The quantitative estimate of drug-likeness (QED) is 0.613. The van der Waals surface area contributed by atoms with E-state index in [1.807, 2.05) is 0 Å². The van der Waals surface area contributed by atoms with Gasteiger partial charge in [0.25, 0.3) is 11.7 Å². The van der Waals surface area contributed by atoms with Crippen molar-refractivity contribution in [3.05, 3.63) is 5.82 Å². The van der Waals surface area contributed by atoms with E-state index in [1.54, 1.807) is 6.92 Å². The molecule has 0 aliphatic heterocycles. The Kier molecular flexibility index (Phi) is 3.72. The van der Waals surface area contributed by atoms with Crippen LogP contribution in [0, 0.1) is 0 Å². The lowest BCUT2D eigenvalue weighted by molar-refractivity contribution is -0.144. The number of tetrazole rings is 1. The van der Waals surface area contributed by atoms with Crippen molar-refractivity contribution in [1.29, 1.82) is 0 Å². The zero-order valence-electron chi connectivity index (χ0n) is 8.35. The summed E-state index contributed by atoms with van der Waals surface area (Å²) in [6, 6.07) is -0.740. The highest BCUT2D eigenvalue weighted by Gasteiger charge is 2.19. The van der Waals surface area contributed by atoms with E-state index in [2.05, 4.69) is 25.9 Å². The number of aromatic amines is 1. The van der Waals surface area contributed by atoms with Gasteiger partial charge in [0.05, 0.1) is 6.61 Å². The van der Waals surface area contributed by atoms with Gasteiger partial charge in [0.2, 0.25) is 0 Å². The van der Waals surface area contributed by atoms with E-state index in [0.29, 0.717) is 0 Å². The van der Waals surface area contributed by atoms with E-state index in [4.69, 9.17) is 4.74 Å². The number of hydrogen-bond donors (Lipinski definition) is 2. The molecule has 1 aromatic heterocycles. The van der Waals surface area contributed by atoms with Crippen LogP contribution in [0.15, 0.2) is 0 Å². The SMILES string of the molecule is CCOC(=O)C(C)NC(=O)c1nn[nH]n1. The average Bonchev–Trinajstić information content (AvgIpc) is 2.70. The monoisotopic (exact) mass is 213 g/mol. The summed E-state index contributed by atoms with van der Waals surface area (Å²) in [5, 5.41) is 14.6. The minimum absolute atomic E-state index is 0.119. The van der Waals surface area contributed by atoms with Crippen molar-refractivity contribution in [2.45, 2.75) is 19.9 Å². The highest BCUT2D eigenvalue weighted by Crippen LogP contribution is 1.91. The molecule has 0 spiro atoms. The fourth-order valence-electron chi connectivity index (χ4n) is 0.845. The number of ether oxygens (including phenoxy) is 1. The first-order valence-electron chi connectivity index (χ1n) is 4.36. The summed E-state index contributed by atoms with van der Waals surface area (Å²) in [4.78, 5) is 22.5. The molecule has 0 bridgehead atoms. The second-order valence-corrected chi connectivity index (χ2v) is 2.68. The number of rotatable bonds is 4. The summed E-state index contributed by atoms with van der Waals surface area (Å²) < 4.78 is 4.70. The molecular weight excluding hydrogens is 202 g/mol. The number of nitrogens with one attached hydrogen (secondary N) is 2. The molecular formula is C7H11N5O3. The van der Waals surface area contributed by atoms with Crippen molar-refractivity contribution in [2.24, 2.45) is 0 Å². The van der Waals surface area contributed by atoms with Crippen molar-refractivity contribution in [3.8, 4) is 0 Å². The first-order valence-corrected chi connectivity index (χ1v) is 4.36. The Balaban J connectivity index is 2.48. The van der Waals surface area contributed by atoms with Gasteiger partial charge in [-0.1, -0.05) is 0 Å². The first kappa shape index (κ1) is 11.1. The molecule has 0 radical (unpaired) electrons. The predicted octanol–water partition coefficient (Wildman–Crippen LogP) is -1.12. The normalized spacial score (nSPS) is 11.9. The van der Waals surface area contributed by atoms with Gasteiger partial charge in [-0.3, -0.25) is 4.79 Å². The molecule has 0 fully saturated rings. The third kappa shape index (κ3) is 3.01. The Morgan fingerprint density at radius 3 is 2.87 bits per heavy atom. The molecule has 0 saturated carbocycles. The largest absolute Gasteiger partial charge is 0.464 e. The number of esters is 1. The fourth-order valence-corrected chi connectivity index (χ4v) is 0.845. The van der Waals surface area contributed by atoms with E-state index >= 15 is 0 Å². The Morgan fingerprint density at radius 2 is 2.33 bits per heavy atom. The van der Waals surface area contributed by atoms with Crippen LogP contribution in [0.3, 0.4) is 0 Å². The van der Waals surface area contributed by atoms with Gasteiger partial charge in [-0.05, 0) is 19.1 Å². The van der Waals surface area contributed by atoms with Crippen molar-refractivity contribution >= 4 is 11.9 Å². The lowest BCUT2D eigenvalue weighted by Crippen LogP contribution is -2.40. The van der Waals surface area contributed by atoms with Gasteiger partial charge >= 0.3 is 5.97 Å². The van der Waals surface area contributed by atoms with E-state index < -0.39 is 17.9 Å². The van der Waals surface area contributed by atoms with Crippen LogP contribution in [0.1, 0.15) is 24.5 Å². The van der Waals surface area contributed by atoms with Crippen molar-refractivity contribution in [3.63, 3.8) is 0 Å². The van der Waals surface area contributed by atoms with Crippen LogP contribution in [0.5, 0.6) is 0 Å². The van der Waals surface area contributed by atoms with Gasteiger partial charge in [0.15, 0.2) is 0 Å². The number of amides is 1. The summed E-state index contributed by atoms with van der Waals surface area (Å²) in [6.07, 6.45) is 0.